The number of methoxy groups -OCH3 is 2. The molecule has 0 bridgehead atoms. The van der Waals surface area contributed by atoms with Crippen LogP contribution in [0.15, 0.2) is 5.16 Å². The van der Waals surface area contributed by atoms with Crippen LogP contribution < -0.4 is 0 Å². The molecule has 3 aliphatic heterocycles. The van der Waals surface area contributed by atoms with Crippen LogP contribution in [-0.2, 0) is 42.7 Å². The van der Waals surface area contributed by atoms with Crippen molar-refractivity contribution in [3.63, 3.8) is 0 Å². The molecule has 3 aliphatic rings. The Labute approximate surface area is 354 Å². The first-order chi connectivity index (χ1) is 27.4. The van der Waals surface area contributed by atoms with E-state index in [1.807, 2.05) is 74.6 Å². The van der Waals surface area contributed by atoms with Gasteiger partial charge in [0.1, 0.15) is 23.9 Å². The molecule has 8 unspecified atom stereocenters. The molecule has 0 spiro atoms. The van der Waals surface area contributed by atoms with Crippen LogP contribution in [0.1, 0.15) is 101 Å². The Kier molecular flexibility index (Phi) is 19.1. The number of ether oxygens (including phenoxy) is 8. The van der Waals surface area contributed by atoms with Gasteiger partial charge >= 0.3 is 5.97 Å². The first-order valence-corrected chi connectivity index (χ1v) is 21.6. The van der Waals surface area contributed by atoms with E-state index < -0.39 is 102 Å². The molecular weight excluding hydrogens is 766 g/mol. The Morgan fingerprint density at radius 1 is 0.881 bits per heavy atom. The minimum Gasteiger partial charge on any atom is -0.459 e. The summed E-state index contributed by atoms with van der Waals surface area (Å²) in [5, 5.41) is 49.4. The second-order valence-electron chi connectivity index (χ2n) is 18.8. The topological polar surface area (TPSA) is 191 Å². The van der Waals surface area contributed by atoms with Gasteiger partial charge in [-0.25, -0.2) is 0 Å². The summed E-state index contributed by atoms with van der Waals surface area (Å²) >= 11 is 0. The van der Waals surface area contributed by atoms with Gasteiger partial charge in [0.15, 0.2) is 12.6 Å². The molecule has 0 aromatic heterocycles. The second-order valence-corrected chi connectivity index (χ2v) is 18.8. The highest BCUT2D eigenvalue weighted by Gasteiger charge is 2.54. The minimum atomic E-state index is -1.93. The maximum atomic E-state index is 14.4. The average Bonchev–Trinajstić information content (AvgIpc) is 3.16. The molecule has 3 heterocycles. The summed E-state index contributed by atoms with van der Waals surface area (Å²) in [7, 11) is 11.0. The highest BCUT2D eigenvalue weighted by atomic mass is 16.7. The first-order valence-electron chi connectivity index (χ1n) is 21.6. The predicted molar refractivity (Wildman–Crippen MR) is 222 cm³/mol. The Balaban J connectivity index is 2.20. The molecule has 0 aromatic carbocycles. The lowest BCUT2D eigenvalue weighted by atomic mass is 9.73. The highest BCUT2D eigenvalue weighted by Crippen LogP contribution is 2.42. The van der Waals surface area contributed by atoms with Crippen molar-refractivity contribution in [2.24, 2.45) is 28.8 Å². The molecule has 3 fully saturated rings. The number of nitrogens with zero attached hydrogens (tertiary/aromatic N) is 3. The molecule has 0 radical (unpaired) electrons. The Hall–Kier alpha value is -1.54. The first kappa shape index (κ1) is 51.8. The third kappa shape index (κ3) is 12.1. The van der Waals surface area contributed by atoms with Gasteiger partial charge in [-0.1, -0.05) is 32.9 Å². The van der Waals surface area contributed by atoms with E-state index in [2.05, 4.69) is 10.1 Å². The molecule has 0 aromatic rings. The molecule has 4 N–H and O–H groups in total. The lowest BCUT2D eigenvalue weighted by Gasteiger charge is -2.50. The molecule has 18 atom stereocenters. The van der Waals surface area contributed by atoms with E-state index in [0.29, 0.717) is 13.0 Å². The number of hydrogen-bond acceptors (Lipinski definition) is 16. The number of likely N-dealkylation sites (N-methyl/N-ethyl adjacent to an activating group) is 1. The van der Waals surface area contributed by atoms with E-state index in [4.69, 9.17) is 37.9 Å². The van der Waals surface area contributed by atoms with E-state index >= 15 is 0 Å². The zero-order valence-corrected chi connectivity index (χ0v) is 38.9. The number of aliphatic hydroxyl groups is 3. The van der Waals surface area contributed by atoms with Crippen LogP contribution in [0.3, 0.4) is 0 Å². The summed E-state index contributed by atoms with van der Waals surface area (Å²) in [5.41, 5.74) is -3.76. The molecule has 3 saturated heterocycles. The molecule has 0 amide bonds. The van der Waals surface area contributed by atoms with Gasteiger partial charge < -0.3 is 68.2 Å². The van der Waals surface area contributed by atoms with Gasteiger partial charge in [0, 0.05) is 51.0 Å². The summed E-state index contributed by atoms with van der Waals surface area (Å²) in [4.78, 5) is 18.5. The number of hydrogen-bond donors (Lipinski definition) is 4. The van der Waals surface area contributed by atoms with Crippen molar-refractivity contribution in [1.82, 2.24) is 9.80 Å². The van der Waals surface area contributed by atoms with Gasteiger partial charge in [-0.2, -0.15) is 0 Å². The van der Waals surface area contributed by atoms with E-state index in [0.717, 1.165) is 13.0 Å². The Morgan fingerprint density at radius 3 is 2.03 bits per heavy atom. The molecule has 346 valence electrons. The quantitative estimate of drug-likeness (QED) is 0.0909. The molecule has 16 nitrogen and oxygen atoms in total. The summed E-state index contributed by atoms with van der Waals surface area (Å²) in [6.07, 6.45) is -6.62. The van der Waals surface area contributed by atoms with Crippen LogP contribution in [-0.4, -0.2) is 182 Å². The van der Waals surface area contributed by atoms with E-state index in [1.54, 1.807) is 35.0 Å². The summed E-state index contributed by atoms with van der Waals surface area (Å²) in [5.74, 6) is -3.74. The maximum Gasteiger partial charge on any atom is 0.311 e. The van der Waals surface area contributed by atoms with Crippen molar-refractivity contribution in [3.05, 3.63) is 0 Å². The van der Waals surface area contributed by atoms with Crippen molar-refractivity contribution in [3.8, 4) is 0 Å². The fraction of sp³-hybridized carbons (Fsp3) is 0.953. The number of oxime groups is 1. The molecule has 3 rings (SSSR count). The summed E-state index contributed by atoms with van der Waals surface area (Å²) < 4.78 is 51.8. The number of cyclic esters (lactones) is 1. The number of aliphatic hydroxyl groups excluding tert-OH is 2. The molecule has 16 heteroatoms. The SMILES string of the molecule is CC[C@H]1OC(=O)[C@H](C)[C@@H](OC2CC(C)(OC)C(OCCCN(C)C)C(C)O2)[C@H](C)[C@@H](OC2OC(C)CC(N(C)C)C2O)[C@](C)(OC)C[C@@H](C)C(=NO)[C@H](C)[C@@H](O)[C@]1(C)O. The lowest BCUT2D eigenvalue weighted by molar-refractivity contribution is -0.322. The summed E-state index contributed by atoms with van der Waals surface area (Å²) in [6.45, 7) is 19.3. The maximum absolute atomic E-state index is 14.4. The van der Waals surface area contributed by atoms with E-state index in [-0.39, 0.29) is 37.1 Å². The van der Waals surface area contributed by atoms with Crippen LogP contribution in [0.2, 0.25) is 0 Å². The predicted octanol–water partition coefficient (Wildman–Crippen LogP) is 3.68. The highest BCUT2D eigenvalue weighted by molar-refractivity contribution is 5.88. The van der Waals surface area contributed by atoms with Crippen molar-refractivity contribution in [2.45, 2.75) is 186 Å². The average molecular weight is 848 g/mol. The molecule has 0 aliphatic carbocycles. The standard InChI is InChI=1S/C43H81N3O13/c1-17-31-43(10,50)36(48)26(4)33(44-51)24(2)22-41(8,52-15)37(59-40-34(47)30(46(13)14)21-25(3)55-40)27(5)35(28(6)39(49)57-31)58-32-23-42(9,53-16)38(29(7)56-32)54-20-18-19-45(11)12/h24-32,34-38,40,47-48,50-51H,17-23H2,1-16H3/t24-,25?,26+,27+,28-,29?,30?,31-,32?,34?,35+,36-,37-,38?,40?,41-,42?,43-/m1/s1. The van der Waals surface area contributed by atoms with Gasteiger partial charge in [-0.05, 0) is 102 Å². The molecule has 59 heavy (non-hydrogen) atoms. The number of carbonyl (C=O) groups is 1. The lowest BCUT2D eigenvalue weighted by Crippen LogP contribution is -2.61. The number of rotatable bonds is 13. The third-order valence-corrected chi connectivity index (χ3v) is 13.4. The van der Waals surface area contributed by atoms with Gasteiger partial charge in [0.2, 0.25) is 0 Å². The molecular formula is C43H81N3O13. The minimum absolute atomic E-state index is 0.179. The van der Waals surface area contributed by atoms with Crippen molar-refractivity contribution in [1.29, 1.82) is 0 Å². The number of esters is 1. The van der Waals surface area contributed by atoms with Crippen LogP contribution in [0, 0.1) is 23.7 Å². The fourth-order valence-corrected chi connectivity index (χ4v) is 9.68. The normalized spacial score (nSPS) is 45.4. The zero-order chi connectivity index (χ0) is 44.8. The Morgan fingerprint density at radius 2 is 1.49 bits per heavy atom. The zero-order valence-electron chi connectivity index (χ0n) is 38.9. The third-order valence-electron chi connectivity index (χ3n) is 13.4. The number of carbonyl (C=O) groups excluding carboxylic acids is 1. The fourth-order valence-electron chi connectivity index (χ4n) is 9.68. The molecule has 0 saturated carbocycles. The van der Waals surface area contributed by atoms with Crippen molar-refractivity contribution < 1.29 is 63.2 Å². The van der Waals surface area contributed by atoms with Gasteiger partial charge in [0.25, 0.3) is 0 Å². The van der Waals surface area contributed by atoms with Crippen LogP contribution in [0.5, 0.6) is 0 Å². The van der Waals surface area contributed by atoms with Crippen LogP contribution in [0.25, 0.3) is 0 Å². The van der Waals surface area contributed by atoms with Crippen molar-refractivity contribution >= 4 is 11.7 Å². The van der Waals surface area contributed by atoms with Gasteiger partial charge in [-0.3, -0.25) is 4.79 Å². The van der Waals surface area contributed by atoms with Gasteiger partial charge in [0.05, 0.1) is 53.4 Å². The van der Waals surface area contributed by atoms with E-state index in [1.165, 1.54) is 6.92 Å². The van der Waals surface area contributed by atoms with Gasteiger partial charge in [-0.15, -0.1) is 0 Å². The summed E-state index contributed by atoms with van der Waals surface area (Å²) in [6, 6.07) is -0.276. The monoisotopic (exact) mass is 848 g/mol. The van der Waals surface area contributed by atoms with Crippen LogP contribution in [0.4, 0.5) is 0 Å². The largest absolute Gasteiger partial charge is 0.459 e. The smallest absolute Gasteiger partial charge is 0.311 e. The second kappa shape index (κ2) is 21.7. The van der Waals surface area contributed by atoms with Crippen LogP contribution >= 0.6 is 0 Å². The van der Waals surface area contributed by atoms with Crippen molar-refractivity contribution in [2.75, 3.05) is 55.6 Å². The van der Waals surface area contributed by atoms with E-state index in [9.17, 15) is 25.3 Å². The Bertz CT molecular complexity index is 1340.